The van der Waals surface area contributed by atoms with E-state index in [1.54, 1.807) is 0 Å². The minimum absolute atomic E-state index is 0.0138. The van der Waals surface area contributed by atoms with Crippen LogP contribution in [0.5, 0.6) is 0 Å². The third-order valence-electron chi connectivity index (χ3n) is 2.85. The fourth-order valence-electron chi connectivity index (χ4n) is 1.78. The number of benzene rings is 1. The summed E-state index contributed by atoms with van der Waals surface area (Å²) in [5.41, 5.74) is 9.74. The first kappa shape index (κ1) is 13.7. The normalized spacial score (nSPS) is 11.4. The van der Waals surface area contributed by atoms with Gasteiger partial charge in [0.2, 0.25) is 5.91 Å². The first-order valence-electron chi connectivity index (χ1n) is 5.87. The number of anilines is 1. The zero-order chi connectivity index (χ0) is 13.2. The van der Waals surface area contributed by atoms with Gasteiger partial charge < -0.3 is 11.1 Å². The third-order valence-corrected chi connectivity index (χ3v) is 2.85. The highest BCUT2D eigenvalue weighted by Crippen LogP contribution is 2.29. The summed E-state index contributed by atoms with van der Waals surface area (Å²) < 4.78 is 0. The molecule has 0 atom stereocenters. The number of carbonyl (C=O) groups is 1. The molecule has 0 aromatic heterocycles. The van der Waals surface area contributed by atoms with E-state index in [9.17, 15) is 4.79 Å². The van der Waals surface area contributed by atoms with Crippen molar-refractivity contribution in [1.29, 1.82) is 0 Å². The summed E-state index contributed by atoms with van der Waals surface area (Å²) in [5.74, 6) is -0.153. The highest BCUT2D eigenvalue weighted by molar-refractivity contribution is 5.93. The van der Waals surface area contributed by atoms with Gasteiger partial charge in [-0.1, -0.05) is 32.9 Å². The van der Waals surface area contributed by atoms with E-state index >= 15 is 0 Å². The highest BCUT2D eigenvalue weighted by Gasteiger charge is 2.16. The average molecular weight is 234 g/mol. The molecule has 0 unspecified atom stereocenters. The zero-order valence-corrected chi connectivity index (χ0v) is 11.3. The predicted molar refractivity (Wildman–Crippen MR) is 72.3 cm³/mol. The van der Waals surface area contributed by atoms with E-state index in [1.165, 1.54) is 5.56 Å². The minimum Gasteiger partial charge on any atom is -0.324 e. The van der Waals surface area contributed by atoms with Crippen LogP contribution < -0.4 is 11.1 Å². The summed E-state index contributed by atoms with van der Waals surface area (Å²) in [6.45, 7) is 10.6. The monoisotopic (exact) mass is 234 g/mol. The first-order chi connectivity index (χ1) is 7.75. The maximum absolute atomic E-state index is 11.3. The van der Waals surface area contributed by atoms with Crippen LogP contribution in [0, 0.1) is 13.8 Å². The molecule has 3 N–H and O–H groups in total. The van der Waals surface area contributed by atoms with Gasteiger partial charge >= 0.3 is 0 Å². The summed E-state index contributed by atoms with van der Waals surface area (Å²) in [7, 11) is 0. The first-order valence-corrected chi connectivity index (χ1v) is 5.87. The Hall–Kier alpha value is -1.35. The van der Waals surface area contributed by atoms with Crippen LogP contribution >= 0.6 is 0 Å². The molecule has 1 rings (SSSR count). The largest absolute Gasteiger partial charge is 0.324 e. The highest BCUT2D eigenvalue weighted by atomic mass is 16.1. The Morgan fingerprint density at radius 3 is 2.06 bits per heavy atom. The van der Waals surface area contributed by atoms with E-state index < -0.39 is 0 Å². The molecular formula is C14H22N2O. The van der Waals surface area contributed by atoms with E-state index in [0.29, 0.717) is 0 Å². The van der Waals surface area contributed by atoms with Crippen LogP contribution in [0.3, 0.4) is 0 Å². The molecule has 3 heteroatoms. The fourth-order valence-corrected chi connectivity index (χ4v) is 1.78. The number of nitrogens with one attached hydrogen (secondary N) is 1. The predicted octanol–water partition coefficient (Wildman–Crippen LogP) is 2.50. The number of amides is 1. The van der Waals surface area contributed by atoms with Crippen LogP contribution in [0.4, 0.5) is 5.69 Å². The molecule has 1 amide bonds. The number of hydrogen-bond donors (Lipinski definition) is 2. The maximum atomic E-state index is 11.3. The average Bonchev–Trinajstić information content (AvgIpc) is 2.21. The second kappa shape index (κ2) is 4.88. The molecule has 0 spiro atoms. The van der Waals surface area contributed by atoms with Gasteiger partial charge in [-0.3, -0.25) is 4.79 Å². The van der Waals surface area contributed by atoms with Crippen molar-refractivity contribution < 1.29 is 4.79 Å². The summed E-state index contributed by atoms with van der Waals surface area (Å²) in [6.07, 6.45) is 0. The smallest absolute Gasteiger partial charge is 0.238 e. The van der Waals surface area contributed by atoms with Gasteiger partial charge in [-0.05, 0) is 36.0 Å². The van der Waals surface area contributed by atoms with Gasteiger partial charge in [0.1, 0.15) is 0 Å². The van der Waals surface area contributed by atoms with Gasteiger partial charge in [0, 0.05) is 5.69 Å². The van der Waals surface area contributed by atoms with Crippen LogP contribution in [0.1, 0.15) is 37.5 Å². The Morgan fingerprint density at radius 2 is 1.71 bits per heavy atom. The number of carbonyl (C=O) groups excluding carboxylic acids is 1. The van der Waals surface area contributed by atoms with Crippen molar-refractivity contribution >= 4 is 11.6 Å². The van der Waals surface area contributed by atoms with Crippen molar-refractivity contribution in [3.05, 3.63) is 28.8 Å². The van der Waals surface area contributed by atoms with Crippen molar-refractivity contribution in [3.63, 3.8) is 0 Å². The van der Waals surface area contributed by atoms with E-state index in [1.807, 2.05) is 13.8 Å². The molecule has 0 saturated carbocycles. The standard InChI is InChI=1S/C14H22N2O/c1-9-6-11(14(3,4)5)7-10(2)13(9)16-12(17)8-15/h6-7H,8,15H2,1-5H3,(H,16,17). The van der Waals surface area contributed by atoms with E-state index in [2.05, 4.69) is 38.2 Å². The molecule has 0 aliphatic heterocycles. The number of rotatable bonds is 2. The quantitative estimate of drug-likeness (QED) is 0.826. The Labute approximate surface area is 103 Å². The fraction of sp³-hybridized carbons (Fsp3) is 0.500. The number of aryl methyl sites for hydroxylation is 2. The van der Waals surface area contributed by atoms with Gasteiger partial charge in [-0.25, -0.2) is 0 Å². The molecule has 0 bridgehead atoms. The molecule has 0 radical (unpaired) electrons. The van der Waals surface area contributed by atoms with Crippen LogP contribution in [-0.2, 0) is 10.2 Å². The molecule has 0 heterocycles. The number of nitrogens with two attached hydrogens (primary N) is 1. The Morgan fingerprint density at radius 1 is 1.24 bits per heavy atom. The van der Waals surface area contributed by atoms with Gasteiger partial charge in [-0.15, -0.1) is 0 Å². The van der Waals surface area contributed by atoms with Crippen LogP contribution in [0.2, 0.25) is 0 Å². The SMILES string of the molecule is Cc1cc(C(C)(C)C)cc(C)c1NC(=O)CN. The van der Waals surface area contributed by atoms with Gasteiger partial charge in [-0.2, -0.15) is 0 Å². The summed E-state index contributed by atoms with van der Waals surface area (Å²) >= 11 is 0. The van der Waals surface area contributed by atoms with E-state index in [-0.39, 0.29) is 17.9 Å². The summed E-state index contributed by atoms with van der Waals surface area (Å²) in [4.78, 5) is 11.3. The second-order valence-electron chi connectivity index (χ2n) is 5.49. The minimum atomic E-state index is -0.153. The lowest BCUT2D eigenvalue weighted by Crippen LogP contribution is -2.23. The molecule has 1 aromatic rings. The van der Waals surface area contributed by atoms with Crippen molar-refractivity contribution in [2.75, 3.05) is 11.9 Å². The molecule has 94 valence electrons. The van der Waals surface area contributed by atoms with Crippen molar-refractivity contribution in [1.82, 2.24) is 0 Å². The Bertz CT molecular complexity index is 407. The topological polar surface area (TPSA) is 55.1 Å². The summed E-state index contributed by atoms with van der Waals surface area (Å²) in [6, 6.07) is 4.25. The molecule has 0 aliphatic carbocycles. The van der Waals surface area contributed by atoms with Gasteiger partial charge in [0.15, 0.2) is 0 Å². The maximum Gasteiger partial charge on any atom is 0.238 e. The third kappa shape index (κ3) is 3.30. The zero-order valence-electron chi connectivity index (χ0n) is 11.3. The molecule has 17 heavy (non-hydrogen) atoms. The molecule has 1 aromatic carbocycles. The summed E-state index contributed by atoms with van der Waals surface area (Å²) in [5, 5.41) is 2.84. The molecular weight excluding hydrogens is 212 g/mol. The lowest BCUT2D eigenvalue weighted by atomic mass is 9.85. The Kier molecular flexibility index (Phi) is 3.94. The van der Waals surface area contributed by atoms with Crippen LogP contribution in [0.15, 0.2) is 12.1 Å². The van der Waals surface area contributed by atoms with E-state index in [0.717, 1.165) is 16.8 Å². The van der Waals surface area contributed by atoms with Crippen molar-refractivity contribution in [2.24, 2.45) is 5.73 Å². The van der Waals surface area contributed by atoms with E-state index in [4.69, 9.17) is 5.73 Å². The van der Waals surface area contributed by atoms with Crippen molar-refractivity contribution in [3.8, 4) is 0 Å². The van der Waals surface area contributed by atoms with Crippen LogP contribution in [-0.4, -0.2) is 12.5 Å². The number of hydrogen-bond acceptors (Lipinski definition) is 2. The Balaban J connectivity index is 3.15. The van der Waals surface area contributed by atoms with Gasteiger partial charge in [0.05, 0.1) is 6.54 Å². The molecule has 3 nitrogen and oxygen atoms in total. The van der Waals surface area contributed by atoms with Crippen LogP contribution in [0.25, 0.3) is 0 Å². The lowest BCUT2D eigenvalue weighted by molar-refractivity contribution is -0.114. The molecule has 0 aliphatic rings. The lowest BCUT2D eigenvalue weighted by Gasteiger charge is -2.22. The second-order valence-corrected chi connectivity index (χ2v) is 5.49. The van der Waals surface area contributed by atoms with Crippen molar-refractivity contribution in [2.45, 2.75) is 40.0 Å². The van der Waals surface area contributed by atoms with Gasteiger partial charge in [0.25, 0.3) is 0 Å². The molecule has 0 fully saturated rings. The molecule has 0 saturated heterocycles.